The molecule has 0 saturated heterocycles. The highest BCUT2D eigenvalue weighted by Gasteiger charge is 2.12. The van der Waals surface area contributed by atoms with Crippen molar-refractivity contribution in [2.75, 3.05) is 6.54 Å². The molecule has 3 nitrogen and oxygen atoms in total. The second-order valence-electron chi connectivity index (χ2n) is 4.28. The fourth-order valence-electron chi connectivity index (χ4n) is 0.708. The van der Waals surface area contributed by atoms with Crippen molar-refractivity contribution in [1.82, 2.24) is 5.32 Å². The predicted molar refractivity (Wildman–Crippen MR) is 48.8 cm³/mol. The summed E-state index contributed by atoms with van der Waals surface area (Å²) >= 11 is 0. The van der Waals surface area contributed by atoms with Crippen LogP contribution < -0.4 is 5.32 Å². The maximum atomic E-state index is 10.9. The van der Waals surface area contributed by atoms with Crippen LogP contribution in [0, 0.1) is 5.41 Å². The van der Waals surface area contributed by atoms with Crippen molar-refractivity contribution < 1.29 is 9.90 Å². The van der Waals surface area contributed by atoms with Crippen LogP contribution in [0.4, 0.5) is 0 Å². The smallest absolute Gasteiger partial charge is 0.248 e. The Bertz CT molecular complexity index is 147. The second kappa shape index (κ2) is 4.45. The third-order valence-corrected chi connectivity index (χ3v) is 1.55. The molecule has 0 fully saturated rings. The van der Waals surface area contributed by atoms with Crippen molar-refractivity contribution in [2.45, 2.75) is 40.2 Å². The first kappa shape index (κ1) is 11.4. The third kappa shape index (κ3) is 6.16. The number of aliphatic hydroxyl groups excluding tert-OH is 1. The molecule has 0 aromatic carbocycles. The maximum Gasteiger partial charge on any atom is 0.248 e. The van der Waals surface area contributed by atoms with E-state index in [2.05, 4.69) is 26.1 Å². The fraction of sp³-hybridized carbons (Fsp3) is 0.889. The number of hydrogen-bond acceptors (Lipinski definition) is 2. The van der Waals surface area contributed by atoms with Gasteiger partial charge in [-0.15, -0.1) is 0 Å². The van der Waals surface area contributed by atoms with Gasteiger partial charge in [0.25, 0.3) is 0 Å². The van der Waals surface area contributed by atoms with Gasteiger partial charge in [-0.05, 0) is 18.8 Å². The molecule has 0 aliphatic rings. The summed E-state index contributed by atoms with van der Waals surface area (Å²) in [5, 5.41) is 11.5. The largest absolute Gasteiger partial charge is 0.384 e. The highest BCUT2D eigenvalue weighted by Crippen LogP contribution is 2.16. The van der Waals surface area contributed by atoms with E-state index in [0.717, 1.165) is 6.42 Å². The molecule has 0 bridgehead atoms. The first-order valence-electron chi connectivity index (χ1n) is 4.29. The first-order chi connectivity index (χ1) is 5.33. The van der Waals surface area contributed by atoms with E-state index in [-0.39, 0.29) is 11.3 Å². The Kier molecular flexibility index (Phi) is 4.24. The minimum Gasteiger partial charge on any atom is -0.384 e. The molecular weight excluding hydrogens is 154 g/mol. The molecule has 0 saturated carbocycles. The summed E-state index contributed by atoms with van der Waals surface area (Å²) in [5.74, 6) is -0.292. The van der Waals surface area contributed by atoms with Gasteiger partial charge in [-0.2, -0.15) is 0 Å². The van der Waals surface area contributed by atoms with Crippen LogP contribution >= 0.6 is 0 Å². The van der Waals surface area contributed by atoms with E-state index in [0.29, 0.717) is 6.54 Å². The minimum atomic E-state index is -0.898. The van der Waals surface area contributed by atoms with Gasteiger partial charge in [-0.3, -0.25) is 4.79 Å². The van der Waals surface area contributed by atoms with Crippen molar-refractivity contribution in [1.29, 1.82) is 0 Å². The van der Waals surface area contributed by atoms with E-state index >= 15 is 0 Å². The predicted octanol–water partition coefficient (Wildman–Crippen LogP) is 0.920. The molecule has 3 heteroatoms. The molecule has 2 N–H and O–H groups in total. The summed E-state index contributed by atoms with van der Waals surface area (Å²) < 4.78 is 0. The van der Waals surface area contributed by atoms with Gasteiger partial charge in [0.2, 0.25) is 5.91 Å². The van der Waals surface area contributed by atoms with E-state index in [4.69, 9.17) is 5.11 Å². The highest BCUT2D eigenvalue weighted by atomic mass is 16.3. The molecular formula is C9H19NO2. The van der Waals surface area contributed by atoms with Gasteiger partial charge < -0.3 is 10.4 Å². The third-order valence-electron chi connectivity index (χ3n) is 1.55. The summed E-state index contributed by atoms with van der Waals surface area (Å²) in [4.78, 5) is 10.9. The van der Waals surface area contributed by atoms with Gasteiger partial charge in [0.05, 0.1) is 0 Å². The summed E-state index contributed by atoms with van der Waals surface area (Å²) in [5.41, 5.74) is 0.228. The fourth-order valence-corrected chi connectivity index (χ4v) is 0.708. The molecule has 1 atom stereocenters. The number of nitrogens with one attached hydrogen (secondary N) is 1. The molecule has 0 rings (SSSR count). The van der Waals surface area contributed by atoms with Crippen LogP contribution in [-0.2, 0) is 4.79 Å². The molecule has 12 heavy (non-hydrogen) atoms. The molecule has 0 spiro atoms. The van der Waals surface area contributed by atoms with Crippen LogP contribution in [0.15, 0.2) is 0 Å². The number of carbonyl (C=O) groups is 1. The first-order valence-corrected chi connectivity index (χ1v) is 4.29. The van der Waals surface area contributed by atoms with E-state index in [1.807, 2.05) is 0 Å². The van der Waals surface area contributed by atoms with Gasteiger partial charge in [0, 0.05) is 6.54 Å². The Morgan fingerprint density at radius 2 is 2.00 bits per heavy atom. The normalized spacial score (nSPS) is 14.1. The van der Waals surface area contributed by atoms with E-state index in [1.54, 1.807) is 0 Å². The monoisotopic (exact) mass is 173 g/mol. The van der Waals surface area contributed by atoms with Crippen LogP contribution in [0.1, 0.15) is 34.1 Å². The van der Waals surface area contributed by atoms with Crippen molar-refractivity contribution in [2.24, 2.45) is 5.41 Å². The molecule has 0 radical (unpaired) electrons. The average molecular weight is 173 g/mol. The van der Waals surface area contributed by atoms with Crippen molar-refractivity contribution >= 4 is 5.91 Å². The molecule has 72 valence electrons. The Labute approximate surface area is 74.2 Å². The van der Waals surface area contributed by atoms with Crippen LogP contribution in [0.25, 0.3) is 0 Å². The zero-order valence-electron chi connectivity index (χ0n) is 8.35. The molecule has 1 unspecified atom stereocenters. The van der Waals surface area contributed by atoms with Crippen LogP contribution in [0.2, 0.25) is 0 Å². The lowest BCUT2D eigenvalue weighted by Crippen LogP contribution is -2.34. The molecule has 0 heterocycles. The van der Waals surface area contributed by atoms with Gasteiger partial charge in [-0.1, -0.05) is 20.8 Å². The SMILES string of the molecule is CC(O)C(=O)NCCC(C)(C)C. The van der Waals surface area contributed by atoms with E-state index < -0.39 is 6.10 Å². The zero-order valence-corrected chi connectivity index (χ0v) is 8.35. The molecule has 0 aliphatic heterocycles. The number of aliphatic hydroxyl groups is 1. The minimum absolute atomic E-state index is 0.228. The molecule has 0 aromatic heterocycles. The van der Waals surface area contributed by atoms with Crippen LogP contribution in [0.5, 0.6) is 0 Å². The lowest BCUT2D eigenvalue weighted by atomic mass is 9.92. The quantitative estimate of drug-likeness (QED) is 0.666. The summed E-state index contributed by atoms with van der Waals surface area (Å²) in [6.45, 7) is 8.43. The molecule has 0 aliphatic carbocycles. The number of carbonyl (C=O) groups excluding carboxylic acids is 1. The van der Waals surface area contributed by atoms with Gasteiger partial charge >= 0.3 is 0 Å². The molecule has 1 amide bonds. The zero-order chi connectivity index (χ0) is 9.78. The summed E-state index contributed by atoms with van der Waals surface area (Å²) in [7, 11) is 0. The van der Waals surface area contributed by atoms with E-state index in [1.165, 1.54) is 6.92 Å². The maximum absolute atomic E-state index is 10.9. The Hall–Kier alpha value is -0.570. The second-order valence-corrected chi connectivity index (χ2v) is 4.28. The van der Waals surface area contributed by atoms with Crippen LogP contribution in [0.3, 0.4) is 0 Å². The van der Waals surface area contributed by atoms with Crippen molar-refractivity contribution in [3.05, 3.63) is 0 Å². The molecule has 0 aromatic rings. The standard InChI is InChI=1S/C9H19NO2/c1-7(11)8(12)10-6-5-9(2,3)4/h7,11H,5-6H2,1-4H3,(H,10,12). The summed E-state index contributed by atoms with van der Waals surface area (Å²) in [6, 6.07) is 0. The van der Waals surface area contributed by atoms with Crippen molar-refractivity contribution in [3.63, 3.8) is 0 Å². The highest BCUT2D eigenvalue weighted by molar-refractivity contribution is 5.79. The van der Waals surface area contributed by atoms with Crippen LogP contribution in [-0.4, -0.2) is 23.7 Å². The van der Waals surface area contributed by atoms with Gasteiger partial charge in [-0.25, -0.2) is 0 Å². The van der Waals surface area contributed by atoms with E-state index in [9.17, 15) is 4.79 Å². The lowest BCUT2D eigenvalue weighted by molar-refractivity contribution is -0.128. The topological polar surface area (TPSA) is 49.3 Å². The average Bonchev–Trinajstić information content (AvgIpc) is 1.84. The van der Waals surface area contributed by atoms with Crippen molar-refractivity contribution in [3.8, 4) is 0 Å². The van der Waals surface area contributed by atoms with Gasteiger partial charge in [0.1, 0.15) is 6.10 Å². The lowest BCUT2D eigenvalue weighted by Gasteiger charge is -2.18. The number of rotatable bonds is 3. The number of hydrogen-bond donors (Lipinski definition) is 2. The van der Waals surface area contributed by atoms with Gasteiger partial charge in [0.15, 0.2) is 0 Å². The Morgan fingerprint density at radius 3 is 2.33 bits per heavy atom. The Balaban J connectivity index is 3.51. The number of amides is 1. The Morgan fingerprint density at radius 1 is 1.50 bits per heavy atom. The summed E-state index contributed by atoms with van der Waals surface area (Å²) in [6.07, 6.45) is 0.0239.